The fourth-order valence-electron chi connectivity index (χ4n) is 3.60. The van der Waals surface area contributed by atoms with Crippen molar-refractivity contribution in [2.45, 2.75) is 52.2 Å². The molecule has 1 amide bonds. The number of hydrogen-bond acceptors (Lipinski definition) is 4. The van der Waals surface area contributed by atoms with Gasteiger partial charge in [-0.05, 0) is 36.5 Å². The fraction of sp³-hybridized carbons (Fsp3) is 0.476. The first-order chi connectivity index (χ1) is 13.1. The lowest BCUT2D eigenvalue weighted by Crippen LogP contribution is -2.46. The molecule has 6 heteroatoms. The highest BCUT2D eigenvalue weighted by Crippen LogP contribution is 2.21. The molecule has 1 aliphatic rings. The number of fused-ring (bicyclic) bond motifs is 1. The summed E-state index contributed by atoms with van der Waals surface area (Å²) in [5.41, 5.74) is 2.92. The SMILES string of the molecule is CCCn1nc(C(=O)NC[C@H](CC)N2CCc3ccccc3C2)ccc1=O. The molecule has 27 heavy (non-hydrogen) atoms. The smallest absolute Gasteiger partial charge is 0.271 e. The van der Waals surface area contributed by atoms with Gasteiger partial charge in [-0.25, -0.2) is 4.68 Å². The summed E-state index contributed by atoms with van der Waals surface area (Å²) in [5, 5.41) is 7.19. The van der Waals surface area contributed by atoms with Crippen LogP contribution in [0.2, 0.25) is 0 Å². The van der Waals surface area contributed by atoms with Gasteiger partial charge in [0, 0.05) is 38.3 Å². The summed E-state index contributed by atoms with van der Waals surface area (Å²) in [6.45, 7) is 7.15. The molecule has 0 saturated carbocycles. The highest BCUT2D eigenvalue weighted by atomic mass is 16.2. The second-order valence-electron chi connectivity index (χ2n) is 7.04. The highest BCUT2D eigenvalue weighted by molar-refractivity contribution is 5.92. The topological polar surface area (TPSA) is 67.2 Å². The molecule has 6 nitrogen and oxygen atoms in total. The number of carbonyl (C=O) groups is 1. The molecular formula is C21H28N4O2. The number of rotatable bonds is 7. The molecule has 1 aliphatic heterocycles. The second kappa shape index (κ2) is 8.95. The Morgan fingerprint density at radius 3 is 2.70 bits per heavy atom. The third-order valence-electron chi connectivity index (χ3n) is 5.18. The summed E-state index contributed by atoms with van der Waals surface area (Å²) in [7, 11) is 0. The third kappa shape index (κ3) is 4.63. The van der Waals surface area contributed by atoms with Crippen molar-refractivity contribution in [3.63, 3.8) is 0 Å². The number of aromatic nitrogens is 2. The van der Waals surface area contributed by atoms with Crippen LogP contribution in [0.25, 0.3) is 0 Å². The van der Waals surface area contributed by atoms with Crippen LogP contribution in [0.4, 0.5) is 0 Å². The van der Waals surface area contributed by atoms with Crippen LogP contribution < -0.4 is 10.9 Å². The van der Waals surface area contributed by atoms with Crippen LogP contribution >= 0.6 is 0 Å². The van der Waals surface area contributed by atoms with Crippen molar-refractivity contribution in [3.05, 3.63) is 63.6 Å². The first-order valence-corrected chi connectivity index (χ1v) is 9.79. The zero-order valence-electron chi connectivity index (χ0n) is 16.1. The lowest BCUT2D eigenvalue weighted by molar-refractivity contribution is 0.0918. The van der Waals surface area contributed by atoms with Crippen LogP contribution in [-0.2, 0) is 19.5 Å². The Morgan fingerprint density at radius 2 is 1.96 bits per heavy atom. The minimum atomic E-state index is -0.226. The molecule has 0 bridgehead atoms. The Labute approximate surface area is 160 Å². The van der Waals surface area contributed by atoms with Gasteiger partial charge in [0.15, 0.2) is 0 Å². The zero-order chi connectivity index (χ0) is 19.2. The summed E-state index contributed by atoms with van der Waals surface area (Å²) in [4.78, 5) is 26.7. The fourth-order valence-corrected chi connectivity index (χ4v) is 3.60. The molecule has 1 aromatic heterocycles. The van der Waals surface area contributed by atoms with Crippen molar-refractivity contribution in [2.75, 3.05) is 13.1 Å². The minimum Gasteiger partial charge on any atom is -0.349 e. The average molecular weight is 368 g/mol. The Morgan fingerprint density at radius 1 is 1.19 bits per heavy atom. The molecule has 2 heterocycles. The first kappa shape index (κ1) is 19.3. The molecule has 144 valence electrons. The van der Waals surface area contributed by atoms with E-state index >= 15 is 0 Å². The minimum absolute atomic E-state index is 0.174. The van der Waals surface area contributed by atoms with Gasteiger partial charge >= 0.3 is 0 Å². The quantitative estimate of drug-likeness (QED) is 0.814. The zero-order valence-corrected chi connectivity index (χ0v) is 16.1. The standard InChI is InChI=1S/C21H28N4O2/c1-3-12-25-20(26)10-9-19(23-25)21(27)22-14-18(4-2)24-13-11-16-7-5-6-8-17(16)15-24/h5-10,18H,3-4,11-15H2,1-2H3,(H,22,27)/t18-/m0/s1. The summed E-state index contributed by atoms with van der Waals surface area (Å²) in [5.74, 6) is -0.226. The highest BCUT2D eigenvalue weighted by Gasteiger charge is 2.23. The van der Waals surface area contributed by atoms with Gasteiger partial charge in [-0.1, -0.05) is 38.1 Å². The van der Waals surface area contributed by atoms with Crippen LogP contribution in [-0.4, -0.2) is 39.7 Å². The molecule has 0 spiro atoms. The molecule has 0 fully saturated rings. The maximum atomic E-state index is 12.5. The number of hydrogen-bond donors (Lipinski definition) is 1. The Kier molecular flexibility index (Phi) is 6.40. The van der Waals surface area contributed by atoms with E-state index in [9.17, 15) is 9.59 Å². The largest absolute Gasteiger partial charge is 0.349 e. The van der Waals surface area contributed by atoms with Crippen molar-refractivity contribution < 1.29 is 4.79 Å². The maximum absolute atomic E-state index is 12.5. The average Bonchev–Trinajstić information content (AvgIpc) is 2.70. The van der Waals surface area contributed by atoms with Crippen molar-refractivity contribution >= 4 is 5.91 Å². The Balaban J connectivity index is 1.62. The molecule has 1 aromatic carbocycles. The predicted octanol–water partition coefficient (Wildman–Crippen LogP) is 2.22. The number of benzene rings is 1. The van der Waals surface area contributed by atoms with Gasteiger partial charge in [-0.2, -0.15) is 5.10 Å². The van der Waals surface area contributed by atoms with Gasteiger partial charge in [0.25, 0.3) is 11.5 Å². The van der Waals surface area contributed by atoms with Crippen molar-refractivity contribution in [3.8, 4) is 0 Å². The van der Waals surface area contributed by atoms with E-state index in [4.69, 9.17) is 0 Å². The second-order valence-corrected chi connectivity index (χ2v) is 7.04. The molecular weight excluding hydrogens is 340 g/mol. The van der Waals surface area contributed by atoms with E-state index in [2.05, 4.69) is 46.5 Å². The van der Waals surface area contributed by atoms with Gasteiger partial charge in [0.1, 0.15) is 5.69 Å². The monoisotopic (exact) mass is 368 g/mol. The van der Waals surface area contributed by atoms with E-state index in [0.717, 1.165) is 32.4 Å². The third-order valence-corrected chi connectivity index (χ3v) is 5.18. The summed E-state index contributed by atoms with van der Waals surface area (Å²) >= 11 is 0. The van der Waals surface area contributed by atoms with E-state index < -0.39 is 0 Å². The predicted molar refractivity (Wildman–Crippen MR) is 106 cm³/mol. The van der Waals surface area contributed by atoms with Crippen LogP contribution in [0.15, 0.2) is 41.2 Å². The summed E-state index contributed by atoms with van der Waals surface area (Å²) < 4.78 is 1.35. The maximum Gasteiger partial charge on any atom is 0.271 e. The first-order valence-electron chi connectivity index (χ1n) is 9.79. The lowest BCUT2D eigenvalue weighted by Gasteiger charge is -2.35. The van der Waals surface area contributed by atoms with Crippen molar-refractivity contribution in [2.24, 2.45) is 0 Å². The molecule has 0 radical (unpaired) electrons. The van der Waals surface area contributed by atoms with E-state index in [-0.39, 0.29) is 17.5 Å². The van der Waals surface area contributed by atoms with Crippen LogP contribution in [0, 0.1) is 0 Å². The van der Waals surface area contributed by atoms with Gasteiger partial charge < -0.3 is 5.32 Å². The van der Waals surface area contributed by atoms with E-state index in [0.29, 0.717) is 18.8 Å². The number of nitrogens with one attached hydrogen (secondary N) is 1. The molecule has 3 rings (SSSR count). The number of aryl methyl sites for hydroxylation is 1. The molecule has 1 N–H and O–H groups in total. The number of carbonyl (C=O) groups excluding carboxylic acids is 1. The van der Waals surface area contributed by atoms with E-state index in [1.54, 1.807) is 0 Å². The van der Waals surface area contributed by atoms with Crippen LogP contribution in [0.1, 0.15) is 48.3 Å². The van der Waals surface area contributed by atoms with Crippen molar-refractivity contribution in [1.29, 1.82) is 0 Å². The Hall–Kier alpha value is -2.47. The summed E-state index contributed by atoms with van der Waals surface area (Å²) in [6.07, 6.45) is 2.81. The van der Waals surface area contributed by atoms with Crippen LogP contribution in [0.3, 0.4) is 0 Å². The normalized spacial score (nSPS) is 15.2. The number of amides is 1. The van der Waals surface area contributed by atoms with Crippen molar-refractivity contribution in [1.82, 2.24) is 20.0 Å². The van der Waals surface area contributed by atoms with Gasteiger partial charge in [0.2, 0.25) is 0 Å². The molecule has 1 atom stereocenters. The Bertz CT molecular complexity index is 846. The van der Waals surface area contributed by atoms with E-state index in [1.807, 2.05) is 6.92 Å². The molecule has 0 aliphatic carbocycles. The summed E-state index contributed by atoms with van der Waals surface area (Å²) in [6, 6.07) is 11.8. The molecule has 0 unspecified atom stereocenters. The number of nitrogens with zero attached hydrogens (tertiary/aromatic N) is 3. The lowest BCUT2D eigenvalue weighted by atomic mass is 9.98. The van der Waals surface area contributed by atoms with Gasteiger partial charge in [0.05, 0.1) is 0 Å². The van der Waals surface area contributed by atoms with Gasteiger partial charge in [-0.15, -0.1) is 0 Å². The van der Waals surface area contributed by atoms with Crippen LogP contribution in [0.5, 0.6) is 0 Å². The molecule has 0 saturated heterocycles. The van der Waals surface area contributed by atoms with Gasteiger partial charge in [-0.3, -0.25) is 14.5 Å². The molecule has 2 aromatic rings. The van der Waals surface area contributed by atoms with E-state index in [1.165, 1.54) is 27.9 Å².